The molecule has 1 aliphatic heterocycles. The lowest BCUT2D eigenvalue weighted by molar-refractivity contribution is 0.619. The van der Waals surface area contributed by atoms with Crippen molar-refractivity contribution in [2.75, 3.05) is 11.4 Å². The third-order valence-electron chi connectivity index (χ3n) is 4.33. The minimum Gasteiger partial charge on any atom is -0.366 e. The molecule has 0 fully saturated rings. The summed E-state index contributed by atoms with van der Waals surface area (Å²) in [4.78, 5) is 6.61. The van der Waals surface area contributed by atoms with E-state index >= 15 is 0 Å². The molecule has 4 heteroatoms. The second-order valence-electron chi connectivity index (χ2n) is 5.74. The van der Waals surface area contributed by atoms with Crippen LogP contribution in [0.1, 0.15) is 16.8 Å². The van der Waals surface area contributed by atoms with Crippen molar-refractivity contribution in [3.63, 3.8) is 0 Å². The molecule has 0 saturated heterocycles. The molecule has 112 valence electrons. The Hall–Kier alpha value is -2.93. The normalized spacial score (nSPS) is 13.7. The van der Waals surface area contributed by atoms with Crippen molar-refractivity contribution in [3.8, 4) is 6.07 Å². The Morgan fingerprint density at radius 3 is 2.83 bits per heavy atom. The predicted molar refractivity (Wildman–Crippen MR) is 87.6 cm³/mol. The molecule has 2 aromatic carbocycles. The van der Waals surface area contributed by atoms with E-state index < -0.39 is 0 Å². The van der Waals surface area contributed by atoms with Gasteiger partial charge in [-0.2, -0.15) is 5.26 Å². The molecule has 1 aliphatic rings. The summed E-state index contributed by atoms with van der Waals surface area (Å²) in [7, 11) is 0. The summed E-state index contributed by atoms with van der Waals surface area (Å²) < 4.78 is 13.4. The van der Waals surface area contributed by atoms with E-state index in [0.717, 1.165) is 40.7 Å². The van der Waals surface area contributed by atoms with Gasteiger partial charge in [-0.05, 0) is 41.8 Å². The summed E-state index contributed by atoms with van der Waals surface area (Å²) in [5, 5.41) is 10.3. The van der Waals surface area contributed by atoms with Crippen LogP contribution < -0.4 is 4.90 Å². The van der Waals surface area contributed by atoms with Crippen LogP contribution in [0.4, 0.5) is 10.1 Å². The zero-order valence-corrected chi connectivity index (χ0v) is 12.5. The molecule has 0 radical (unpaired) electrons. The Morgan fingerprint density at radius 1 is 1.09 bits per heavy atom. The Bertz CT molecular complexity index is 943. The van der Waals surface area contributed by atoms with Gasteiger partial charge in [-0.1, -0.05) is 24.3 Å². The fourth-order valence-corrected chi connectivity index (χ4v) is 3.20. The van der Waals surface area contributed by atoms with Crippen LogP contribution in [0.15, 0.2) is 48.5 Å². The number of hydrogen-bond acceptors (Lipinski definition) is 3. The van der Waals surface area contributed by atoms with Crippen molar-refractivity contribution >= 4 is 16.6 Å². The number of fused-ring (bicyclic) bond motifs is 2. The minimum absolute atomic E-state index is 0.182. The van der Waals surface area contributed by atoms with E-state index in [1.807, 2.05) is 36.4 Å². The van der Waals surface area contributed by atoms with Gasteiger partial charge in [0, 0.05) is 24.2 Å². The number of hydrogen-bond donors (Lipinski definition) is 0. The number of benzene rings is 2. The molecule has 23 heavy (non-hydrogen) atoms. The third-order valence-corrected chi connectivity index (χ3v) is 4.33. The Labute approximate surface area is 133 Å². The summed E-state index contributed by atoms with van der Waals surface area (Å²) in [6.07, 6.45) is 0.797. The summed E-state index contributed by atoms with van der Waals surface area (Å²) in [5.74, 6) is -0.182. The predicted octanol–water partition coefficient (Wildman–Crippen LogP) is 3.81. The van der Waals surface area contributed by atoms with Crippen molar-refractivity contribution < 1.29 is 4.39 Å². The number of anilines is 1. The van der Waals surface area contributed by atoms with Crippen molar-refractivity contribution in [3.05, 3.63) is 71.2 Å². The first-order valence-electron chi connectivity index (χ1n) is 7.57. The maximum Gasteiger partial charge on any atom is 0.143 e. The van der Waals surface area contributed by atoms with E-state index in [4.69, 9.17) is 0 Å². The smallest absolute Gasteiger partial charge is 0.143 e. The Balaban J connectivity index is 1.81. The van der Waals surface area contributed by atoms with Crippen molar-refractivity contribution in [2.45, 2.75) is 13.0 Å². The van der Waals surface area contributed by atoms with Crippen LogP contribution in [0.3, 0.4) is 0 Å². The molecule has 4 rings (SSSR count). The van der Waals surface area contributed by atoms with Crippen LogP contribution in [0, 0.1) is 17.1 Å². The molecule has 2 heterocycles. The maximum absolute atomic E-state index is 13.4. The second-order valence-corrected chi connectivity index (χ2v) is 5.74. The van der Waals surface area contributed by atoms with Crippen LogP contribution in [-0.4, -0.2) is 11.5 Å². The lowest BCUT2D eigenvalue weighted by Gasteiger charge is -2.31. The molecule has 1 aromatic heterocycles. The molecular formula is C19H14FN3. The largest absolute Gasteiger partial charge is 0.366 e. The number of halogens is 1. The van der Waals surface area contributed by atoms with Gasteiger partial charge in [-0.3, -0.25) is 0 Å². The van der Waals surface area contributed by atoms with Crippen molar-refractivity contribution in [1.29, 1.82) is 5.26 Å². The third kappa shape index (κ3) is 2.40. The van der Waals surface area contributed by atoms with Gasteiger partial charge in [-0.15, -0.1) is 0 Å². The van der Waals surface area contributed by atoms with Crippen LogP contribution in [-0.2, 0) is 13.0 Å². The van der Waals surface area contributed by atoms with Gasteiger partial charge in [0.1, 0.15) is 17.6 Å². The molecule has 0 atom stereocenters. The van der Waals surface area contributed by atoms with E-state index in [1.165, 1.54) is 6.07 Å². The van der Waals surface area contributed by atoms with Gasteiger partial charge in [-0.25, -0.2) is 9.37 Å². The van der Waals surface area contributed by atoms with E-state index in [2.05, 4.69) is 16.0 Å². The van der Waals surface area contributed by atoms with Gasteiger partial charge < -0.3 is 4.90 Å². The number of nitrogens with zero attached hydrogens (tertiary/aromatic N) is 3. The SMILES string of the molecule is N#Cc1cc(N2CCc3cc(F)ccc3C2)c2ccccc2n1. The molecule has 0 aliphatic carbocycles. The number of para-hydroxylation sites is 1. The molecule has 0 amide bonds. The first-order chi connectivity index (χ1) is 11.2. The van der Waals surface area contributed by atoms with Gasteiger partial charge >= 0.3 is 0 Å². The zero-order chi connectivity index (χ0) is 15.8. The van der Waals surface area contributed by atoms with Crippen LogP contribution in [0.25, 0.3) is 10.9 Å². The fraction of sp³-hybridized carbons (Fsp3) is 0.158. The average Bonchev–Trinajstić information content (AvgIpc) is 2.60. The summed E-state index contributed by atoms with van der Waals surface area (Å²) in [6.45, 7) is 1.52. The quantitative estimate of drug-likeness (QED) is 0.686. The second kappa shape index (κ2) is 5.36. The maximum atomic E-state index is 13.4. The average molecular weight is 303 g/mol. The topological polar surface area (TPSA) is 39.9 Å². The minimum atomic E-state index is -0.182. The molecule has 3 aromatic rings. The molecule has 0 N–H and O–H groups in total. The first kappa shape index (κ1) is 13.7. The zero-order valence-electron chi connectivity index (χ0n) is 12.5. The van der Waals surface area contributed by atoms with Crippen LogP contribution in [0.2, 0.25) is 0 Å². The summed E-state index contributed by atoms with van der Waals surface area (Å²) >= 11 is 0. The summed E-state index contributed by atoms with van der Waals surface area (Å²) in [6, 6.07) is 16.8. The summed E-state index contributed by atoms with van der Waals surface area (Å²) in [5.41, 5.74) is 4.47. The molecule has 0 unspecified atom stereocenters. The first-order valence-corrected chi connectivity index (χ1v) is 7.57. The van der Waals surface area contributed by atoms with Crippen LogP contribution >= 0.6 is 0 Å². The van der Waals surface area contributed by atoms with E-state index in [0.29, 0.717) is 12.2 Å². The highest BCUT2D eigenvalue weighted by molar-refractivity contribution is 5.92. The van der Waals surface area contributed by atoms with E-state index in [9.17, 15) is 9.65 Å². The highest BCUT2D eigenvalue weighted by Crippen LogP contribution is 2.31. The number of rotatable bonds is 1. The monoisotopic (exact) mass is 303 g/mol. The van der Waals surface area contributed by atoms with Crippen molar-refractivity contribution in [2.24, 2.45) is 0 Å². The molecule has 3 nitrogen and oxygen atoms in total. The van der Waals surface area contributed by atoms with Crippen molar-refractivity contribution in [1.82, 2.24) is 4.98 Å². The lowest BCUT2D eigenvalue weighted by Crippen LogP contribution is -2.30. The van der Waals surface area contributed by atoms with E-state index in [-0.39, 0.29) is 5.82 Å². The number of aromatic nitrogens is 1. The van der Waals surface area contributed by atoms with Gasteiger partial charge in [0.25, 0.3) is 0 Å². The molecular weight excluding hydrogens is 289 g/mol. The molecule has 0 saturated carbocycles. The molecule has 0 bridgehead atoms. The lowest BCUT2D eigenvalue weighted by atomic mass is 9.98. The number of nitriles is 1. The van der Waals surface area contributed by atoms with Gasteiger partial charge in [0.05, 0.1) is 5.52 Å². The standard InChI is InChI=1S/C19H14FN3/c20-15-6-5-14-12-23(8-7-13(14)9-15)19-10-16(11-21)22-18-4-2-1-3-17(18)19/h1-6,9-10H,7-8,12H2. The van der Waals surface area contributed by atoms with Gasteiger partial charge in [0.15, 0.2) is 0 Å². The van der Waals surface area contributed by atoms with Gasteiger partial charge in [0.2, 0.25) is 0 Å². The highest BCUT2D eigenvalue weighted by atomic mass is 19.1. The highest BCUT2D eigenvalue weighted by Gasteiger charge is 2.19. The Kier molecular flexibility index (Phi) is 3.20. The van der Waals surface area contributed by atoms with Crippen LogP contribution in [0.5, 0.6) is 0 Å². The van der Waals surface area contributed by atoms with E-state index in [1.54, 1.807) is 6.07 Å². The Morgan fingerprint density at radius 2 is 1.96 bits per heavy atom. The number of pyridine rings is 1. The fourth-order valence-electron chi connectivity index (χ4n) is 3.20. The molecule has 0 spiro atoms.